The van der Waals surface area contributed by atoms with Gasteiger partial charge in [-0.2, -0.15) is 0 Å². The number of rotatable bonds is 3. The van der Waals surface area contributed by atoms with Crippen molar-refractivity contribution in [1.29, 1.82) is 0 Å². The highest BCUT2D eigenvalue weighted by Gasteiger charge is 2.21. The first-order valence-corrected chi connectivity index (χ1v) is 7.16. The molecule has 2 aromatic heterocycles. The summed E-state index contributed by atoms with van der Waals surface area (Å²) in [4.78, 5) is 16.3. The molecule has 100 valence electrons. The Balaban J connectivity index is 1.66. The van der Waals surface area contributed by atoms with Gasteiger partial charge in [0.15, 0.2) is 0 Å². The summed E-state index contributed by atoms with van der Waals surface area (Å²) >= 11 is 3.42. The van der Waals surface area contributed by atoms with E-state index in [1.54, 1.807) is 0 Å². The minimum atomic E-state index is -0.0359. The second-order valence-corrected chi connectivity index (χ2v) is 5.63. The maximum absolute atomic E-state index is 11.9. The van der Waals surface area contributed by atoms with Crippen LogP contribution in [0.5, 0.6) is 0 Å². The van der Waals surface area contributed by atoms with Gasteiger partial charge in [0.05, 0.1) is 18.3 Å². The SMILES string of the molecule is O=C(NCc1cn2cc(Br)ccc2n1)C1CCCN1. The number of amides is 1. The van der Waals surface area contributed by atoms with Gasteiger partial charge in [-0.25, -0.2) is 4.98 Å². The largest absolute Gasteiger partial charge is 0.349 e. The second-order valence-electron chi connectivity index (χ2n) is 4.71. The number of pyridine rings is 1. The van der Waals surface area contributed by atoms with Crippen LogP contribution in [0.15, 0.2) is 29.0 Å². The van der Waals surface area contributed by atoms with E-state index in [0.717, 1.165) is 35.2 Å². The van der Waals surface area contributed by atoms with Crippen LogP contribution in [0.2, 0.25) is 0 Å². The van der Waals surface area contributed by atoms with E-state index in [-0.39, 0.29) is 11.9 Å². The fourth-order valence-corrected chi connectivity index (χ4v) is 2.66. The summed E-state index contributed by atoms with van der Waals surface area (Å²) in [5.74, 6) is 0.0655. The van der Waals surface area contributed by atoms with Crippen LogP contribution in [-0.2, 0) is 11.3 Å². The van der Waals surface area contributed by atoms with Gasteiger partial charge in [0.2, 0.25) is 5.91 Å². The van der Waals surface area contributed by atoms with Crippen molar-refractivity contribution in [2.24, 2.45) is 0 Å². The first-order valence-electron chi connectivity index (χ1n) is 6.36. The van der Waals surface area contributed by atoms with E-state index in [9.17, 15) is 4.79 Å². The van der Waals surface area contributed by atoms with Crippen LogP contribution in [0.25, 0.3) is 5.65 Å². The zero-order chi connectivity index (χ0) is 13.2. The Labute approximate surface area is 119 Å². The van der Waals surface area contributed by atoms with Crippen LogP contribution in [0.4, 0.5) is 0 Å². The van der Waals surface area contributed by atoms with Crippen LogP contribution in [0.1, 0.15) is 18.5 Å². The number of fused-ring (bicyclic) bond motifs is 1. The predicted molar refractivity (Wildman–Crippen MR) is 75.8 cm³/mol. The molecule has 2 aromatic rings. The number of hydrogen-bond donors (Lipinski definition) is 2. The lowest BCUT2D eigenvalue weighted by atomic mass is 10.2. The van der Waals surface area contributed by atoms with Crippen LogP contribution < -0.4 is 10.6 Å². The molecule has 1 unspecified atom stereocenters. The van der Waals surface area contributed by atoms with Gasteiger partial charge in [0.25, 0.3) is 0 Å². The fourth-order valence-electron chi connectivity index (χ4n) is 2.31. The van der Waals surface area contributed by atoms with E-state index in [0.29, 0.717) is 6.54 Å². The standard InChI is InChI=1S/C13H15BrN4O/c14-9-3-4-12-17-10(8-18(12)7-9)6-16-13(19)11-2-1-5-15-11/h3-4,7-8,11,15H,1-2,5-6H2,(H,16,19). The number of aromatic nitrogens is 2. The van der Waals surface area contributed by atoms with Gasteiger partial charge in [-0.3, -0.25) is 4.79 Å². The Morgan fingerprint density at radius 3 is 3.21 bits per heavy atom. The molecule has 1 fully saturated rings. The normalized spacial score (nSPS) is 18.9. The van der Waals surface area contributed by atoms with Crippen molar-refractivity contribution < 1.29 is 4.79 Å². The Morgan fingerprint density at radius 2 is 2.42 bits per heavy atom. The zero-order valence-corrected chi connectivity index (χ0v) is 12.0. The molecule has 0 radical (unpaired) electrons. The molecule has 0 aliphatic carbocycles. The zero-order valence-electron chi connectivity index (χ0n) is 10.4. The summed E-state index contributed by atoms with van der Waals surface area (Å²) < 4.78 is 2.95. The number of imidazole rings is 1. The molecule has 1 aliphatic rings. The first-order chi connectivity index (χ1) is 9.22. The van der Waals surface area contributed by atoms with Gasteiger partial charge in [-0.1, -0.05) is 0 Å². The molecule has 1 aliphatic heterocycles. The van der Waals surface area contributed by atoms with Crippen molar-refractivity contribution in [3.63, 3.8) is 0 Å². The molecule has 1 atom stereocenters. The highest BCUT2D eigenvalue weighted by atomic mass is 79.9. The van der Waals surface area contributed by atoms with Crippen LogP contribution in [0.3, 0.4) is 0 Å². The fraction of sp³-hybridized carbons (Fsp3) is 0.385. The highest BCUT2D eigenvalue weighted by molar-refractivity contribution is 9.10. The van der Waals surface area contributed by atoms with Crippen molar-refractivity contribution >= 4 is 27.5 Å². The van der Waals surface area contributed by atoms with Crippen LogP contribution >= 0.6 is 15.9 Å². The van der Waals surface area contributed by atoms with Gasteiger partial charge >= 0.3 is 0 Å². The number of hydrogen-bond acceptors (Lipinski definition) is 3. The van der Waals surface area contributed by atoms with E-state index in [2.05, 4.69) is 31.5 Å². The topological polar surface area (TPSA) is 58.4 Å². The molecule has 2 N–H and O–H groups in total. The Morgan fingerprint density at radius 1 is 1.53 bits per heavy atom. The average molecular weight is 323 g/mol. The molecule has 1 amide bonds. The van der Waals surface area contributed by atoms with Crippen molar-refractivity contribution in [2.45, 2.75) is 25.4 Å². The van der Waals surface area contributed by atoms with E-state index in [1.807, 2.05) is 28.9 Å². The van der Waals surface area contributed by atoms with Gasteiger partial charge in [0, 0.05) is 16.9 Å². The van der Waals surface area contributed by atoms with Gasteiger partial charge in [0.1, 0.15) is 5.65 Å². The summed E-state index contributed by atoms with van der Waals surface area (Å²) in [5, 5.41) is 6.11. The first kappa shape index (κ1) is 12.6. The molecule has 5 nitrogen and oxygen atoms in total. The van der Waals surface area contributed by atoms with Crippen molar-refractivity contribution in [3.05, 3.63) is 34.7 Å². The highest BCUT2D eigenvalue weighted by Crippen LogP contribution is 2.12. The lowest BCUT2D eigenvalue weighted by Crippen LogP contribution is -2.40. The van der Waals surface area contributed by atoms with Crippen LogP contribution in [0, 0.1) is 0 Å². The number of nitrogens with zero attached hydrogens (tertiary/aromatic N) is 2. The van der Waals surface area contributed by atoms with E-state index in [1.165, 1.54) is 0 Å². The predicted octanol–water partition coefficient (Wildman–Crippen LogP) is 1.46. The number of halogens is 1. The van der Waals surface area contributed by atoms with E-state index < -0.39 is 0 Å². The third-order valence-electron chi connectivity index (χ3n) is 3.29. The Hall–Kier alpha value is -1.40. The summed E-state index contributed by atoms with van der Waals surface area (Å²) in [6.45, 7) is 1.40. The molecular weight excluding hydrogens is 308 g/mol. The molecule has 19 heavy (non-hydrogen) atoms. The Bertz CT molecular complexity index is 604. The second kappa shape index (κ2) is 5.30. The Kier molecular flexibility index (Phi) is 3.52. The third-order valence-corrected chi connectivity index (χ3v) is 3.75. The average Bonchev–Trinajstić information content (AvgIpc) is 3.04. The maximum atomic E-state index is 11.9. The van der Waals surface area contributed by atoms with Gasteiger partial charge < -0.3 is 15.0 Å². The van der Waals surface area contributed by atoms with Gasteiger partial charge in [-0.05, 0) is 47.4 Å². The molecular formula is C13H15BrN4O. The van der Waals surface area contributed by atoms with E-state index >= 15 is 0 Å². The monoisotopic (exact) mass is 322 g/mol. The lowest BCUT2D eigenvalue weighted by Gasteiger charge is -2.09. The number of carbonyl (C=O) groups is 1. The van der Waals surface area contributed by atoms with Crippen molar-refractivity contribution in [2.75, 3.05) is 6.54 Å². The molecule has 3 heterocycles. The summed E-state index contributed by atoms with van der Waals surface area (Å²) in [5.41, 5.74) is 1.75. The molecule has 0 aromatic carbocycles. The van der Waals surface area contributed by atoms with Crippen molar-refractivity contribution in [3.8, 4) is 0 Å². The molecule has 1 saturated heterocycles. The summed E-state index contributed by atoms with van der Waals surface area (Å²) in [6, 6.07) is 3.85. The minimum absolute atomic E-state index is 0.0359. The van der Waals surface area contributed by atoms with Gasteiger partial charge in [-0.15, -0.1) is 0 Å². The quantitative estimate of drug-likeness (QED) is 0.899. The molecule has 6 heteroatoms. The van der Waals surface area contributed by atoms with E-state index in [4.69, 9.17) is 0 Å². The summed E-state index contributed by atoms with van der Waals surface area (Å²) in [6.07, 6.45) is 5.87. The number of carbonyl (C=O) groups excluding carboxylic acids is 1. The van der Waals surface area contributed by atoms with Crippen LogP contribution in [-0.4, -0.2) is 27.9 Å². The number of nitrogens with one attached hydrogen (secondary N) is 2. The van der Waals surface area contributed by atoms with Crippen molar-refractivity contribution in [1.82, 2.24) is 20.0 Å². The third kappa shape index (κ3) is 2.79. The summed E-state index contributed by atoms with van der Waals surface area (Å²) in [7, 11) is 0. The molecule has 0 bridgehead atoms. The molecule has 3 rings (SSSR count). The smallest absolute Gasteiger partial charge is 0.237 e. The minimum Gasteiger partial charge on any atom is -0.349 e. The molecule has 0 saturated carbocycles. The molecule has 0 spiro atoms. The maximum Gasteiger partial charge on any atom is 0.237 e. The lowest BCUT2D eigenvalue weighted by molar-refractivity contribution is -0.122.